The van der Waals surface area contributed by atoms with E-state index >= 15 is 0 Å². The van der Waals surface area contributed by atoms with Crippen LogP contribution >= 0.6 is 0 Å². The Morgan fingerprint density at radius 3 is 2.75 bits per heavy atom. The highest BCUT2D eigenvalue weighted by Gasteiger charge is 2.28. The number of hydrogen-bond acceptors (Lipinski definition) is 4. The lowest BCUT2D eigenvalue weighted by Crippen LogP contribution is -2.38. The number of nitrogens with two attached hydrogens (primary N) is 1. The van der Waals surface area contributed by atoms with Crippen molar-refractivity contribution in [1.29, 1.82) is 0 Å². The highest BCUT2D eigenvalue weighted by molar-refractivity contribution is 6.00. The minimum atomic E-state index is -0.612. The maximum Gasteiger partial charge on any atom is 0.179 e. The Kier molecular flexibility index (Phi) is 4.78. The van der Waals surface area contributed by atoms with E-state index in [2.05, 4.69) is 5.32 Å². The maximum absolute atomic E-state index is 11.9. The minimum Gasteiger partial charge on any atom is -0.388 e. The molecule has 0 heterocycles. The van der Waals surface area contributed by atoms with Gasteiger partial charge >= 0.3 is 0 Å². The summed E-state index contributed by atoms with van der Waals surface area (Å²) < 4.78 is 0. The molecule has 1 aromatic rings. The molecule has 0 spiro atoms. The smallest absolute Gasteiger partial charge is 0.179 e. The second kappa shape index (κ2) is 6.37. The van der Waals surface area contributed by atoms with E-state index in [-0.39, 0.29) is 5.78 Å². The molecule has 0 radical (unpaired) electrons. The first-order valence-electron chi connectivity index (χ1n) is 7.36. The van der Waals surface area contributed by atoms with Gasteiger partial charge in [0, 0.05) is 17.8 Å². The topological polar surface area (TPSA) is 75.4 Å². The lowest BCUT2D eigenvalue weighted by molar-refractivity contribution is 0.0167. The number of carbonyl (C=O) groups is 1. The predicted molar refractivity (Wildman–Crippen MR) is 80.9 cm³/mol. The molecule has 1 aromatic carbocycles. The van der Waals surface area contributed by atoms with Crippen LogP contribution in [0.5, 0.6) is 0 Å². The molecule has 110 valence electrons. The summed E-state index contributed by atoms with van der Waals surface area (Å²) in [7, 11) is 0. The number of benzene rings is 1. The van der Waals surface area contributed by atoms with Gasteiger partial charge in [0.25, 0.3) is 0 Å². The SMILES string of the molecule is CC(N)C(=O)c1cccc(NCC2(O)CCCCC2)c1. The van der Waals surface area contributed by atoms with Crippen LogP contribution < -0.4 is 11.1 Å². The van der Waals surface area contributed by atoms with Crippen molar-refractivity contribution in [1.82, 2.24) is 0 Å². The van der Waals surface area contributed by atoms with Crippen molar-refractivity contribution < 1.29 is 9.90 Å². The normalized spacial score (nSPS) is 19.4. The minimum absolute atomic E-state index is 0.0648. The third-order valence-corrected chi connectivity index (χ3v) is 3.97. The summed E-state index contributed by atoms with van der Waals surface area (Å²) in [5, 5.41) is 13.7. The van der Waals surface area contributed by atoms with Crippen molar-refractivity contribution in [2.75, 3.05) is 11.9 Å². The van der Waals surface area contributed by atoms with Crippen LogP contribution in [0.1, 0.15) is 49.4 Å². The van der Waals surface area contributed by atoms with Crippen molar-refractivity contribution in [3.8, 4) is 0 Å². The molecular weight excluding hydrogens is 252 g/mol. The number of Topliss-reactive ketones (excluding diaryl/α,β-unsaturated/α-hetero) is 1. The first kappa shape index (κ1) is 15.0. The van der Waals surface area contributed by atoms with Gasteiger partial charge in [0.1, 0.15) is 0 Å². The molecule has 20 heavy (non-hydrogen) atoms. The molecule has 1 saturated carbocycles. The molecule has 0 amide bonds. The lowest BCUT2D eigenvalue weighted by atomic mass is 9.85. The van der Waals surface area contributed by atoms with Crippen LogP contribution in [0.25, 0.3) is 0 Å². The van der Waals surface area contributed by atoms with E-state index in [1.54, 1.807) is 19.1 Å². The zero-order chi connectivity index (χ0) is 14.6. The second-order valence-corrected chi connectivity index (χ2v) is 5.87. The Morgan fingerprint density at radius 2 is 2.10 bits per heavy atom. The highest BCUT2D eigenvalue weighted by atomic mass is 16.3. The third-order valence-electron chi connectivity index (χ3n) is 3.97. The first-order chi connectivity index (χ1) is 9.50. The fourth-order valence-corrected chi connectivity index (χ4v) is 2.70. The number of carbonyl (C=O) groups excluding carboxylic acids is 1. The Morgan fingerprint density at radius 1 is 1.40 bits per heavy atom. The zero-order valence-electron chi connectivity index (χ0n) is 12.1. The van der Waals surface area contributed by atoms with Gasteiger partial charge in [-0.15, -0.1) is 0 Å². The van der Waals surface area contributed by atoms with Crippen LogP contribution in [0.4, 0.5) is 5.69 Å². The van der Waals surface area contributed by atoms with Gasteiger partial charge < -0.3 is 16.2 Å². The molecule has 1 aliphatic carbocycles. The molecular formula is C16H24N2O2. The highest BCUT2D eigenvalue weighted by Crippen LogP contribution is 2.28. The number of ketones is 1. The quantitative estimate of drug-likeness (QED) is 0.721. The van der Waals surface area contributed by atoms with Crippen LogP contribution in [0, 0.1) is 0 Å². The molecule has 4 N–H and O–H groups in total. The van der Waals surface area contributed by atoms with E-state index < -0.39 is 11.6 Å². The van der Waals surface area contributed by atoms with Crippen LogP contribution in [-0.4, -0.2) is 29.1 Å². The van der Waals surface area contributed by atoms with Gasteiger partial charge in [0.2, 0.25) is 0 Å². The van der Waals surface area contributed by atoms with Crippen molar-refractivity contribution in [3.63, 3.8) is 0 Å². The van der Waals surface area contributed by atoms with Crippen molar-refractivity contribution in [3.05, 3.63) is 29.8 Å². The van der Waals surface area contributed by atoms with Crippen molar-refractivity contribution >= 4 is 11.5 Å². The molecule has 4 heteroatoms. The molecule has 1 fully saturated rings. The van der Waals surface area contributed by atoms with E-state index in [0.29, 0.717) is 12.1 Å². The lowest BCUT2D eigenvalue weighted by Gasteiger charge is -2.32. The molecule has 0 aromatic heterocycles. The predicted octanol–water partition coefficient (Wildman–Crippen LogP) is 2.32. The van der Waals surface area contributed by atoms with Gasteiger partial charge in [-0.25, -0.2) is 0 Å². The molecule has 2 rings (SSSR count). The van der Waals surface area contributed by atoms with Crippen molar-refractivity contribution in [2.45, 2.75) is 50.7 Å². The summed E-state index contributed by atoms with van der Waals surface area (Å²) >= 11 is 0. The standard InChI is InChI=1S/C16H24N2O2/c1-12(17)15(19)13-6-5-7-14(10-13)18-11-16(20)8-3-2-4-9-16/h5-7,10,12,18,20H,2-4,8-9,11,17H2,1H3. The van der Waals surface area contributed by atoms with Gasteiger partial charge in [-0.1, -0.05) is 31.4 Å². The van der Waals surface area contributed by atoms with E-state index in [1.165, 1.54) is 6.42 Å². The van der Waals surface area contributed by atoms with E-state index in [1.807, 2.05) is 12.1 Å². The summed E-state index contributed by atoms with van der Waals surface area (Å²) in [6, 6.07) is 6.82. The Bertz CT molecular complexity index is 465. The summed E-state index contributed by atoms with van der Waals surface area (Å²) in [5.41, 5.74) is 6.48. The van der Waals surface area contributed by atoms with Crippen molar-refractivity contribution in [2.24, 2.45) is 5.73 Å². The number of anilines is 1. The van der Waals surface area contributed by atoms with Crippen LogP contribution in [-0.2, 0) is 0 Å². The monoisotopic (exact) mass is 276 g/mol. The maximum atomic E-state index is 11.9. The number of hydrogen-bond donors (Lipinski definition) is 3. The van der Waals surface area contributed by atoms with Gasteiger partial charge in [-0.05, 0) is 31.9 Å². The largest absolute Gasteiger partial charge is 0.388 e. The molecule has 0 aliphatic heterocycles. The van der Waals surface area contributed by atoms with Gasteiger partial charge in [0.15, 0.2) is 5.78 Å². The zero-order valence-corrected chi connectivity index (χ0v) is 12.1. The summed E-state index contributed by atoms with van der Waals surface area (Å²) in [4.78, 5) is 11.9. The summed E-state index contributed by atoms with van der Waals surface area (Å²) in [6.45, 7) is 2.22. The van der Waals surface area contributed by atoms with Crippen LogP contribution in [0.3, 0.4) is 0 Å². The molecule has 1 aliphatic rings. The molecule has 1 unspecified atom stereocenters. The number of nitrogens with one attached hydrogen (secondary N) is 1. The molecule has 1 atom stereocenters. The summed E-state index contributed by atoms with van der Waals surface area (Å²) in [5.74, 6) is -0.0648. The molecule has 0 bridgehead atoms. The van der Waals surface area contributed by atoms with Crippen LogP contribution in [0.15, 0.2) is 24.3 Å². The summed E-state index contributed by atoms with van der Waals surface area (Å²) in [6.07, 6.45) is 5.07. The van der Waals surface area contributed by atoms with E-state index in [4.69, 9.17) is 5.73 Å². The Hall–Kier alpha value is -1.39. The van der Waals surface area contributed by atoms with Gasteiger partial charge in [-0.3, -0.25) is 4.79 Å². The fourth-order valence-electron chi connectivity index (χ4n) is 2.70. The molecule has 4 nitrogen and oxygen atoms in total. The Labute approximate surface area is 120 Å². The van der Waals surface area contributed by atoms with Crippen LogP contribution in [0.2, 0.25) is 0 Å². The molecule has 0 saturated heterocycles. The average Bonchev–Trinajstić information content (AvgIpc) is 2.45. The van der Waals surface area contributed by atoms with Gasteiger partial charge in [-0.2, -0.15) is 0 Å². The second-order valence-electron chi connectivity index (χ2n) is 5.87. The Balaban J connectivity index is 1.99. The van der Waals surface area contributed by atoms with E-state index in [0.717, 1.165) is 31.4 Å². The first-order valence-corrected chi connectivity index (χ1v) is 7.36. The van der Waals surface area contributed by atoms with Gasteiger partial charge in [0.05, 0.1) is 11.6 Å². The number of aliphatic hydroxyl groups is 1. The van der Waals surface area contributed by atoms with E-state index in [9.17, 15) is 9.90 Å². The number of rotatable bonds is 5. The average molecular weight is 276 g/mol. The third kappa shape index (κ3) is 3.81. The fraction of sp³-hybridized carbons (Fsp3) is 0.562.